The van der Waals surface area contributed by atoms with Crippen molar-refractivity contribution in [3.63, 3.8) is 0 Å². The molecule has 4 heteroatoms. The predicted octanol–water partition coefficient (Wildman–Crippen LogP) is 2.15. The van der Waals surface area contributed by atoms with Crippen molar-refractivity contribution in [1.82, 2.24) is 0 Å². The van der Waals surface area contributed by atoms with Crippen LogP contribution in [0.1, 0.15) is 24.5 Å². The number of esters is 1. The fourth-order valence-electron chi connectivity index (χ4n) is 1.86. The first-order valence-electron chi connectivity index (χ1n) is 5.96. The highest BCUT2D eigenvalue weighted by atomic mass is 16.5. The number of amides is 1. The van der Waals surface area contributed by atoms with E-state index < -0.39 is 0 Å². The third kappa shape index (κ3) is 2.97. The van der Waals surface area contributed by atoms with Crippen LogP contribution >= 0.6 is 0 Å². The van der Waals surface area contributed by atoms with Gasteiger partial charge < -0.3 is 10.1 Å². The van der Waals surface area contributed by atoms with Crippen LogP contribution in [0.5, 0.6) is 0 Å². The summed E-state index contributed by atoms with van der Waals surface area (Å²) in [6.07, 6.45) is 4.38. The summed E-state index contributed by atoms with van der Waals surface area (Å²) < 4.78 is 4.81. The molecular formula is C14H15NO3. The molecule has 0 bridgehead atoms. The van der Waals surface area contributed by atoms with Crippen LogP contribution in [0, 0.1) is 0 Å². The maximum atomic E-state index is 11.2. The van der Waals surface area contributed by atoms with Gasteiger partial charge in [0, 0.05) is 18.2 Å². The summed E-state index contributed by atoms with van der Waals surface area (Å²) in [5, 5.41) is 2.82. The van der Waals surface area contributed by atoms with Gasteiger partial charge >= 0.3 is 5.97 Å². The minimum Gasteiger partial charge on any atom is -0.463 e. The molecule has 0 aliphatic carbocycles. The molecule has 0 aromatic heterocycles. The molecule has 2 rings (SSSR count). The van der Waals surface area contributed by atoms with Gasteiger partial charge in [-0.25, -0.2) is 4.79 Å². The Bertz CT molecular complexity index is 506. The van der Waals surface area contributed by atoms with Crippen LogP contribution in [0.2, 0.25) is 0 Å². The summed E-state index contributed by atoms with van der Waals surface area (Å²) in [6.45, 7) is 2.15. The van der Waals surface area contributed by atoms with Gasteiger partial charge in [-0.2, -0.15) is 0 Å². The number of benzene rings is 1. The molecule has 4 nitrogen and oxygen atoms in total. The lowest BCUT2D eigenvalue weighted by Crippen LogP contribution is -2.18. The fourth-order valence-corrected chi connectivity index (χ4v) is 1.86. The van der Waals surface area contributed by atoms with Gasteiger partial charge in [0.2, 0.25) is 5.91 Å². The maximum absolute atomic E-state index is 11.2. The van der Waals surface area contributed by atoms with Crippen molar-refractivity contribution in [2.45, 2.75) is 19.8 Å². The van der Waals surface area contributed by atoms with Crippen LogP contribution in [0.4, 0.5) is 5.69 Å². The van der Waals surface area contributed by atoms with Crippen LogP contribution in [0.3, 0.4) is 0 Å². The molecule has 0 spiro atoms. The number of hydrogen-bond donors (Lipinski definition) is 1. The third-order valence-corrected chi connectivity index (χ3v) is 2.72. The molecule has 1 aromatic rings. The first-order chi connectivity index (χ1) is 8.69. The summed E-state index contributed by atoms with van der Waals surface area (Å²) in [5.41, 5.74) is 2.89. The van der Waals surface area contributed by atoms with E-state index in [0.29, 0.717) is 13.0 Å². The highest BCUT2D eigenvalue weighted by molar-refractivity contribution is 5.94. The number of carbonyl (C=O) groups excluding carboxylic acids is 2. The molecule has 1 amide bonds. The van der Waals surface area contributed by atoms with E-state index in [1.807, 2.05) is 18.2 Å². The summed E-state index contributed by atoms with van der Waals surface area (Å²) >= 11 is 0. The molecule has 1 N–H and O–H groups in total. The van der Waals surface area contributed by atoms with Gasteiger partial charge in [0.1, 0.15) is 0 Å². The second-order valence-electron chi connectivity index (χ2n) is 4.05. The van der Waals surface area contributed by atoms with Crippen LogP contribution in [0.25, 0.3) is 6.08 Å². The van der Waals surface area contributed by atoms with Crippen molar-refractivity contribution in [3.8, 4) is 0 Å². The molecule has 18 heavy (non-hydrogen) atoms. The summed E-state index contributed by atoms with van der Waals surface area (Å²) in [4.78, 5) is 22.4. The highest BCUT2D eigenvalue weighted by Gasteiger charge is 2.14. The van der Waals surface area contributed by atoms with E-state index >= 15 is 0 Å². The quantitative estimate of drug-likeness (QED) is 0.655. The molecule has 0 atom stereocenters. The summed E-state index contributed by atoms with van der Waals surface area (Å²) in [7, 11) is 0. The minimum absolute atomic E-state index is 0.0531. The molecule has 0 unspecified atom stereocenters. The predicted molar refractivity (Wildman–Crippen MR) is 69.1 cm³/mol. The van der Waals surface area contributed by atoms with E-state index in [-0.39, 0.29) is 11.9 Å². The average Bonchev–Trinajstić information content (AvgIpc) is 2.36. The van der Waals surface area contributed by atoms with Gasteiger partial charge in [-0.15, -0.1) is 0 Å². The lowest BCUT2D eigenvalue weighted by molar-refractivity contribution is -0.137. The standard InChI is InChI=1S/C14H15NO3/c1-2-18-14(17)8-4-10-3-6-12-11(9-10)5-7-13(16)15-12/h3-4,6,8-9H,2,5,7H2,1H3,(H,15,16). The largest absolute Gasteiger partial charge is 0.463 e. The zero-order valence-electron chi connectivity index (χ0n) is 10.2. The Morgan fingerprint density at radius 2 is 2.28 bits per heavy atom. The fraction of sp³-hybridized carbons (Fsp3) is 0.286. The van der Waals surface area contributed by atoms with Gasteiger partial charge in [-0.05, 0) is 42.7 Å². The van der Waals surface area contributed by atoms with E-state index in [9.17, 15) is 9.59 Å². The number of ether oxygens (including phenoxy) is 1. The van der Waals surface area contributed by atoms with Gasteiger partial charge in [-0.3, -0.25) is 4.79 Å². The van der Waals surface area contributed by atoms with Crippen molar-refractivity contribution in [2.24, 2.45) is 0 Å². The van der Waals surface area contributed by atoms with Crippen molar-refractivity contribution >= 4 is 23.6 Å². The number of aryl methyl sites for hydroxylation is 1. The second kappa shape index (κ2) is 5.49. The van der Waals surface area contributed by atoms with E-state index in [4.69, 9.17) is 4.74 Å². The third-order valence-electron chi connectivity index (χ3n) is 2.72. The van der Waals surface area contributed by atoms with E-state index in [1.54, 1.807) is 13.0 Å². The monoisotopic (exact) mass is 245 g/mol. The lowest BCUT2D eigenvalue weighted by atomic mass is 10.0. The Balaban J connectivity index is 2.12. The SMILES string of the molecule is CCOC(=O)C=Cc1ccc2c(c1)CCC(=O)N2. The molecular weight excluding hydrogens is 230 g/mol. The number of fused-ring (bicyclic) bond motifs is 1. The lowest BCUT2D eigenvalue weighted by Gasteiger charge is -2.16. The van der Waals surface area contributed by atoms with Gasteiger partial charge in [0.15, 0.2) is 0 Å². The Morgan fingerprint density at radius 3 is 3.06 bits per heavy atom. The Morgan fingerprint density at radius 1 is 1.44 bits per heavy atom. The van der Waals surface area contributed by atoms with Crippen LogP contribution in [-0.2, 0) is 20.7 Å². The molecule has 0 fully saturated rings. The maximum Gasteiger partial charge on any atom is 0.330 e. The molecule has 1 heterocycles. The van der Waals surface area contributed by atoms with Crippen LogP contribution in [-0.4, -0.2) is 18.5 Å². The van der Waals surface area contributed by atoms with Crippen molar-refractivity contribution < 1.29 is 14.3 Å². The molecule has 0 saturated carbocycles. The smallest absolute Gasteiger partial charge is 0.330 e. The van der Waals surface area contributed by atoms with E-state index in [1.165, 1.54) is 6.08 Å². The van der Waals surface area contributed by atoms with Crippen molar-refractivity contribution in [1.29, 1.82) is 0 Å². The molecule has 94 valence electrons. The molecule has 1 aliphatic rings. The van der Waals surface area contributed by atoms with Gasteiger partial charge in [-0.1, -0.05) is 6.07 Å². The molecule has 0 saturated heterocycles. The average molecular weight is 245 g/mol. The van der Waals surface area contributed by atoms with E-state index in [0.717, 1.165) is 23.2 Å². The Labute approximate surface area is 106 Å². The summed E-state index contributed by atoms with van der Waals surface area (Å²) in [5.74, 6) is -0.291. The Hall–Kier alpha value is -2.10. The Kier molecular flexibility index (Phi) is 3.77. The normalized spacial score (nSPS) is 14.2. The number of nitrogens with one attached hydrogen (secondary N) is 1. The topological polar surface area (TPSA) is 55.4 Å². The molecule has 1 aromatic carbocycles. The molecule has 0 radical (unpaired) electrons. The zero-order valence-corrected chi connectivity index (χ0v) is 10.2. The van der Waals surface area contributed by atoms with E-state index in [2.05, 4.69) is 5.32 Å². The first kappa shape index (κ1) is 12.4. The van der Waals surface area contributed by atoms with Gasteiger partial charge in [0.05, 0.1) is 6.61 Å². The van der Waals surface area contributed by atoms with Crippen molar-refractivity contribution in [2.75, 3.05) is 11.9 Å². The second-order valence-corrected chi connectivity index (χ2v) is 4.05. The number of hydrogen-bond acceptors (Lipinski definition) is 3. The van der Waals surface area contributed by atoms with Crippen molar-refractivity contribution in [3.05, 3.63) is 35.4 Å². The summed E-state index contributed by atoms with van der Waals surface area (Å²) in [6, 6.07) is 5.70. The first-order valence-corrected chi connectivity index (χ1v) is 5.96. The van der Waals surface area contributed by atoms with Crippen LogP contribution < -0.4 is 5.32 Å². The van der Waals surface area contributed by atoms with Crippen LogP contribution in [0.15, 0.2) is 24.3 Å². The zero-order chi connectivity index (χ0) is 13.0. The molecule has 1 aliphatic heterocycles. The van der Waals surface area contributed by atoms with Gasteiger partial charge in [0.25, 0.3) is 0 Å². The number of carbonyl (C=O) groups is 2. The minimum atomic E-state index is -0.344. The number of anilines is 1. The highest BCUT2D eigenvalue weighted by Crippen LogP contribution is 2.23. The number of rotatable bonds is 3.